The van der Waals surface area contributed by atoms with Crippen LogP contribution >= 0.6 is 11.8 Å². The molecule has 0 aliphatic heterocycles. The van der Waals surface area contributed by atoms with Crippen LogP contribution in [0, 0.1) is 6.92 Å². The van der Waals surface area contributed by atoms with Crippen LogP contribution in [-0.4, -0.2) is 16.2 Å². The van der Waals surface area contributed by atoms with Gasteiger partial charge >= 0.3 is 0 Å². The van der Waals surface area contributed by atoms with Gasteiger partial charge in [-0.05, 0) is 37.4 Å². The van der Waals surface area contributed by atoms with Gasteiger partial charge in [0.1, 0.15) is 17.5 Å². The highest BCUT2D eigenvalue weighted by Crippen LogP contribution is 2.23. The standard InChI is InChI=1S/C14H18N4S/c1-4-12-17-13(15)9(2)14(18-12)16-10-5-7-11(19-3)8-6-10/h5-8H,4H2,1-3H3,(H3,15,16,17,18). The number of nitrogens with one attached hydrogen (secondary N) is 1. The zero-order chi connectivity index (χ0) is 13.8. The van der Waals surface area contributed by atoms with Crippen molar-refractivity contribution in [2.24, 2.45) is 0 Å². The molecule has 2 rings (SSSR count). The fourth-order valence-corrected chi connectivity index (χ4v) is 2.08. The maximum absolute atomic E-state index is 5.90. The summed E-state index contributed by atoms with van der Waals surface area (Å²) in [7, 11) is 0. The summed E-state index contributed by atoms with van der Waals surface area (Å²) >= 11 is 1.72. The van der Waals surface area contributed by atoms with Gasteiger partial charge in [-0.2, -0.15) is 0 Å². The molecule has 0 atom stereocenters. The van der Waals surface area contributed by atoms with E-state index in [-0.39, 0.29) is 0 Å². The maximum atomic E-state index is 5.90. The number of nitrogens with zero attached hydrogens (tertiary/aromatic N) is 2. The van der Waals surface area contributed by atoms with Crippen LogP contribution in [0.3, 0.4) is 0 Å². The van der Waals surface area contributed by atoms with Crippen molar-refractivity contribution in [2.75, 3.05) is 17.3 Å². The van der Waals surface area contributed by atoms with E-state index in [2.05, 4.69) is 33.7 Å². The molecule has 2 aromatic rings. The van der Waals surface area contributed by atoms with Gasteiger partial charge in [0.2, 0.25) is 0 Å². The molecule has 5 heteroatoms. The lowest BCUT2D eigenvalue weighted by Crippen LogP contribution is -2.06. The minimum Gasteiger partial charge on any atom is -0.383 e. The van der Waals surface area contributed by atoms with Gasteiger partial charge in [-0.15, -0.1) is 11.8 Å². The second-order valence-electron chi connectivity index (χ2n) is 4.21. The fraction of sp³-hybridized carbons (Fsp3) is 0.286. The lowest BCUT2D eigenvalue weighted by molar-refractivity contribution is 0.940. The Morgan fingerprint density at radius 1 is 1.21 bits per heavy atom. The molecule has 0 saturated carbocycles. The normalized spacial score (nSPS) is 10.5. The topological polar surface area (TPSA) is 63.8 Å². The molecule has 19 heavy (non-hydrogen) atoms. The summed E-state index contributed by atoms with van der Waals surface area (Å²) in [5, 5.41) is 3.30. The number of hydrogen-bond donors (Lipinski definition) is 2. The van der Waals surface area contributed by atoms with E-state index in [1.807, 2.05) is 26.0 Å². The van der Waals surface area contributed by atoms with Crippen molar-refractivity contribution in [2.45, 2.75) is 25.2 Å². The molecule has 0 aliphatic carbocycles. The largest absolute Gasteiger partial charge is 0.383 e. The zero-order valence-corrected chi connectivity index (χ0v) is 12.2. The molecule has 0 unspecified atom stereocenters. The summed E-state index contributed by atoms with van der Waals surface area (Å²) in [4.78, 5) is 9.96. The first kappa shape index (κ1) is 13.7. The number of aryl methyl sites for hydroxylation is 1. The third-order valence-electron chi connectivity index (χ3n) is 2.90. The summed E-state index contributed by atoms with van der Waals surface area (Å²) < 4.78 is 0. The molecular weight excluding hydrogens is 256 g/mol. The van der Waals surface area contributed by atoms with Crippen LogP contribution in [0.5, 0.6) is 0 Å². The summed E-state index contributed by atoms with van der Waals surface area (Å²) in [6.45, 7) is 3.94. The summed E-state index contributed by atoms with van der Waals surface area (Å²) in [5.74, 6) is 2.07. The van der Waals surface area contributed by atoms with Crippen LogP contribution in [0.2, 0.25) is 0 Å². The summed E-state index contributed by atoms with van der Waals surface area (Å²) in [5.41, 5.74) is 7.78. The van der Waals surface area contributed by atoms with E-state index in [4.69, 9.17) is 5.73 Å². The molecule has 0 fully saturated rings. The van der Waals surface area contributed by atoms with Crippen LogP contribution in [0.15, 0.2) is 29.2 Å². The van der Waals surface area contributed by atoms with Crippen LogP contribution in [0.1, 0.15) is 18.3 Å². The Morgan fingerprint density at radius 3 is 2.47 bits per heavy atom. The Bertz CT molecular complexity index is 566. The smallest absolute Gasteiger partial charge is 0.139 e. The highest BCUT2D eigenvalue weighted by molar-refractivity contribution is 7.98. The molecule has 1 aromatic heterocycles. The molecule has 0 radical (unpaired) electrons. The summed E-state index contributed by atoms with van der Waals surface area (Å²) in [6.07, 6.45) is 2.83. The molecule has 0 aliphatic rings. The van der Waals surface area contributed by atoms with Gasteiger partial charge in [-0.3, -0.25) is 0 Å². The molecule has 3 N–H and O–H groups in total. The quantitative estimate of drug-likeness (QED) is 0.837. The van der Waals surface area contributed by atoms with E-state index in [9.17, 15) is 0 Å². The van der Waals surface area contributed by atoms with E-state index in [0.29, 0.717) is 5.82 Å². The first-order valence-electron chi connectivity index (χ1n) is 6.18. The monoisotopic (exact) mass is 274 g/mol. The van der Waals surface area contributed by atoms with Crippen molar-refractivity contribution in [3.8, 4) is 0 Å². The van der Waals surface area contributed by atoms with E-state index < -0.39 is 0 Å². The Morgan fingerprint density at radius 2 is 1.89 bits per heavy atom. The number of nitrogen functional groups attached to an aromatic ring is 1. The molecule has 0 saturated heterocycles. The van der Waals surface area contributed by atoms with Crippen LogP contribution in [0.25, 0.3) is 0 Å². The van der Waals surface area contributed by atoms with E-state index in [0.717, 1.165) is 29.3 Å². The van der Waals surface area contributed by atoms with Crippen molar-refractivity contribution in [3.05, 3.63) is 35.7 Å². The van der Waals surface area contributed by atoms with Gasteiger partial charge in [-0.1, -0.05) is 6.92 Å². The molecular formula is C14H18N4S. The molecule has 1 aromatic carbocycles. The fourth-order valence-electron chi connectivity index (χ4n) is 1.67. The van der Waals surface area contributed by atoms with Gasteiger partial charge < -0.3 is 11.1 Å². The number of aromatic nitrogens is 2. The minimum atomic E-state index is 0.537. The molecule has 0 amide bonds. The molecule has 4 nitrogen and oxygen atoms in total. The average Bonchev–Trinajstić information content (AvgIpc) is 2.44. The first-order chi connectivity index (χ1) is 9.13. The van der Waals surface area contributed by atoms with Crippen LogP contribution in [0.4, 0.5) is 17.3 Å². The number of thioether (sulfide) groups is 1. The van der Waals surface area contributed by atoms with Crippen LogP contribution < -0.4 is 11.1 Å². The SMILES string of the molecule is CCc1nc(N)c(C)c(Nc2ccc(SC)cc2)n1. The van der Waals surface area contributed by atoms with Gasteiger partial charge in [0, 0.05) is 22.6 Å². The number of nitrogens with two attached hydrogens (primary N) is 1. The Kier molecular flexibility index (Phi) is 4.27. The predicted octanol–water partition coefficient (Wildman–Crippen LogP) is 3.40. The van der Waals surface area contributed by atoms with E-state index in [1.54, 1.807) is 11.8 Å². The van der Waals surface area contributed by atoms with Gasteiger partial charge in [0.25, 0.3) is 0 Å². The van der Waals surface area contributed by atoms with Gasteiger partial charge in [0.05, 0.1) is 0 Å². The highest BCUT2D eigenvalue weighted by atomic mass is 32.2. The number of anilines is 3. The van der Waals surface area contributed by atoms with Crippen molar-refractivity contribution < 1.29 is 0 Å². The predicted molar refractivity (Wildman–Crippen MR) is 82.1 cm³/mol. The number of hydrogen-bond acceptors (Lipinski definition) is 5. The highest BCUT2D eigenvalue weighted by Gasteiger charge is 2.08. The maximum Gasteiger partial charge on any atom is 0.139 e. The summed E-state index contributed by atoms with van der Waals surface area (Å²) in [6, 6.07) is 8.23. The Balaban J connectivity index is 2.28. The van der Waals surface area contributed by atoms with Crippen molar-refractivity contribution >= 4 is 29.1 Å². The third-order valence-corrected chi connectivity index (χ3v) is 3.64. The lowest BCUT2D eigenvalue weighted by atomic mass is 10.2. The Hall–Kier alpha value is -1.75. The van der Waals surface area contributed by atoms with Gasteiger partial charge in [0.15, 0.2) is 0 Å². The van der Waals surface area contributed by atoms with E-state index in [1.165, 1.54) is 4.90 Å². The Labute approximate surface area is 117 Å². The van der Waals surface area contributed by atoms with Crippen LogP contribution in [-0.2, 0) is 6.42 Å². The number of rotatable bonds is 4. The molecule has 100 valence electrons. The zero-order valence-electron chi connectivity index (χ0n) is 11.4. The molecule has 0 bridgehead atoms. The molecule has 1 heterocycles. The second-order valence-corrected chi connectivity index (χ2v) is 5.09. The third kappa shape index (κ3) is 3.17. The van der Waals surface area contributed by atoms with Gasteiger partial charge in [-0.25, -0.2) is 9.97 Å². The minimum absolute atomic E-state index is 0.537. The van der Waals surface area contributed by atoms with Crippen molar-refractivity contribution in [1.29, 1.82) is 0 Å². The average molecular weight is 274 g/mol. The van der Waals surface area contributed by atoms with Crippen molar-refractivity contribution in [1.82, 2.24) is 9.97 Å². The second kappa shape index (κ2) is 5.93. The molecule has 0 spiro atoms. The van der Waals surface area contributed by atoms with E-state index >= 15 is 0 Å². The number of benzene rings is 1. The lowest BCUT2D eigenvalue weighted by Gasteiger charge is -2.11. The van der Waals surface area contributed by atoms with Crippen molar-refractivity contribution in [3.63, 3.8) is 0 Å². The first-order valence-corrected chi connectivity index (χ1v) is 7.40.